The minimum absolute atomic E-state index is 0.216. The van der Waals surface area contributed by atoms with Crippen LogP contribution in [-0.2, 0) is 0 Å². The van der Waals surface area contributed by atoms with Gasteiger partial charge in [-0.1, -0.05) is 6.07 Å². The molecule has 1 saturated heterocycles. The smallest absolute Gasteiger partial charge is 0.0983 e. The Balaban J connectivity index is 2.20. The first-order chi connectivity index (χ1) is 8.01. The van der Waals surface area contributed by atoms with Crippen LogP contribution in [0, 0.1) is 6.92 Å². The SMILES string of the molecule is Cc1cncc(C(O)C(C)(C)N2CCCC2)c1. The molecular formula is C14H22N2O. The molecule has 3 heteroatoms. The lowest BCUT2D eigenvalue weighted by molar-refractivity contribution is 0.00111. The molecule has 1 aliphatic heterocycles. The number of rotatable bonds is 3. The summed E-state index contributed by atoms with van der Waals surface area (Å²) in [5.74, 6) is 0. The fraction of sp³-hybridized carbons (Fsp3) is 0.643. The molecule has 0 aliphatic carbocycles. The van der Waals surface area contributed by atoms with Crippen LogP contribution < -0.4 is 0 Å². The van der Waals surface area contributed by atoms with Crippen LogP contribution in [0.2, 0.25) is 0 Å². The van der Waals surface area contributed by atoms with E-state index in [2.05, 4.69) is 23.7 Å². The number of hydrogen-bond donors (Lipinski definition) is 1. The van der Waals surface area contributed by atoms with Crippen molar-refractivity contribution < 1.29 is 5.11 Å². The molecule has 1 atom stereocenters. The highest BCUT2D eigenvalue weighted by Crippen LogP contribution is 2.33. The lowest BCUT2D eigenvalue weighted by Gasteiger charge is -2.39. The van der Waals surface area contributed by atoms with Gasteiger partial charge in [0.05, 0.1) is 6.10 Å². The summed E-state index contributed by atoms with van der Waals surface area (Å²) >= 11 is 0. The summed E-state index contributed by atoms with van der Waals surface area (Å²) in [4.78, 5) is 6.54. The van der Waals surface area contributed by atoms with E-state index in [-0.39, 0.29) is 5.54 Å². The van der Waals surface area contributed by atoms with Crippen LogP contribution in [0.4, 0.5) is 0 Å². The maximum Gasteiger partial charge on any atom is 0.0983 e. The molecule has 1 N–H and O–H groups in total. The van der Waals surface area contributed by atoms with Crippen molar-refractivity contribution in [3.63, 3.8) is 0 Å². The Morgan fingerprint density at radius 3 is 2.53 bits per heavy atom. The van der Waals surface area contributed by atoms with E-state index in [1.165, 1.54) is 12.8 Å². The molecule has 2 heterocycles. The molecule has 0 amide bonds. The van der Waals surface area contributed by atoms with E-state index in [9.17, 15) is 5.11 Å². The molecule has 1 aromatic rings. The third-order valence-electron chi connectivity index (χ3n) is 3.80. The lowest BCUT2D eigenvalue weighted by Crippen LogP contribution is -2.46. The first-order valence-corrected chi connectivity index (χ1v) is 6.36. The zero-order valence-corrected chi connectivity index (χ0v) is 11.0. The molecule has 1 unspecified atom stereocenters. The summed E-state index contributed by atoms with van der Waals surface area (Å²) in [6.07, 6.45) is 5.59. The van der Waals surface area contributed by atoms with Crippen LogP contribution in [0.15, 0.2) is 18.5 Å². The molecule has 1 aromatic heterocycles. The van der Waals surface area contributed by atoms with Gasteiger partial charge >= 0.3 is 0 Å². The zero-order valence-electron chi connectivity index (χ0n) is 11.0. The molecule has 0 radical (unpaired) electrons. The van der Waals surface area contributed by atoms with Crippen molar-refractivity contribution in [1.29, 1.82) is 0 Å². The van der Waals surface area contributed by atoms with Crippen LogP contribution in [-0.4, -0.2) is 33.6 Å². The fourth-order valence-electron chi connectivity index (χ4n) is 2.60. The number of aliphatic hydroxyl groups is 1. The third kappa shape index (κ3) is 2.50. The van der Waals surface area contributed by atoms with Gasteiger partial charge in [0, 0.05) is 23.5 Å². The van der Waals surface area contributed by atoms with Crippen LogP contribution in [0.25, 0.3) is 0 Å². The second kappa shape index (κ2) is 4.75. The van der Waals surface area contributed by atoms with E-state index in [4.69, 9.17) is 0 Å². The summed E-state index contributed by atoms with van der Waals surface area (Å²) in [5, 5.41) is 10.6. The molecule has 0 bridgehead atoms. The fourth-order valence-corrected chi connectivity index (χ4v) is 2.60. The van der Waals surface area contributed by atoms with Crippen LogP contribution in [0.5, 0.6) is 0 Å². The van der Waals surface area contributed by atoms with Crippen molar-refractivity contribution in [1.82, 2.24) is 9.88 Å². The molecule has 2 rings (SSSR count). The van der Waals surface area contributed by atoms with Gasteiger partial charge < -0.3 is 5.11 Å². The van der Waals surface area contributed by atoms with Crippen molar-refractivity contribution in [2.24, 2.45) is 0 Å². The number of pyridine rings is 1. The largest absolute Gasteiger partial charge is 0.386 e. The Morgan fingerprint density at radius 2 is 1.94 bits per heavy atom. The Kier molecular flexibility index (Phi) is 3.50. The Morgan fingerprint density at radius 1 is 1.29 bits per heavy atom. The van der Waals surface area contributed by atoms with Gasteiger partial charge in [0.15, 0.2) is 0 Å². The summed E-state index contributed by atoms with van der Waals surface area (Å²) in [7, 11) is 0. The van der Waals surface area contributed by atoms with Gasteiger partial charge in [-0.2, -0.15) is 0 Å². The van der Waals surface area contributed by atoms with E-state index in [1.54, 1.807) is 6.20 Å². The summed E-state index contributed by atoms with van der Waals surface area (Å²) < 4.78 is 0. The average molecular weight is 234 g/mol. The Hall–Kier alpha value is -0.930. The number of aryl methyl sites for hydroxylation is 1. The maximum atomic E-state index is 10.6. The molecule has 94 valence electrons. The van der Waals surface area contributed by atoms with Crippen LogP contribution in [0.3, 0.4) is 0 Å². The average Bonchev–Trinajstić information content (AvgIpc) is 2.82. The molecule has 17 heavy (non-hydrogen) atoms. The first kappa shape index (κ1) is 12.5. The standard InChI is InChI=1S/C14H22N2O/c1-11-8-12(10-15-9-11)13(17)14(2,3)16-6-4-5-7-16/h8-10,13,17H,4-7H2,1-3H3. The highest BCUT2D eigenvalue weighted by molar-refractivity contribution is 5.21. The van der Waals surface area contributed by atoms with Gasteiger partial charge in [-0.15, -0.1) is 0 Å². The summed E-state index contributed by atoms with van der Waals surface area (Å²) in [5.41, 5.74) is 1.80. The second-order valence-corrected chi connectivity index (χ2v) is 5.55. The summed E-state index contributed by atoms with van der Waals surface area (Å²) in [6, 6.07) is 2.02. The highest BCUT2D eigenvalue weighted by Gasteiger charge is 2.36. The Bertz CT molecular complexity index is 384. The number of aliphatic hydroxyl groups excluding tert-OH is 1. The molecule has 1 aliphatic rings. The van der Waals surface area contributed by atoms with Crippen molar-refractivity contribution in [2.75, 3.05) is 13.1 Å². The maximum absolute atomic E-state index is 10.6. The number of hydrogen-bond acceptors (Lipinski definition) is 3. The number of aromatic nitrogens is 1. The van der Waals surface area contributed by atoms with Gasteiger partial charge in [0.25, 0.3) is 0 Å². The molecule has 0 saturated carbocycles. The molecule has 0 spiro atoms. The zero-order chi connectivity index (χ0) is 12.5. The van der Waals surface area contributed by atoms with Gasteiger partial charge in [-0.25, -0.2) is 0 Å². The van der Waals surface area contributed by atoms with Gasteiger partial charge in [0.1, 0.15) is 0 Å². The first-order valence-electron chi connectivity index (χ1n) is 6.36. The number of nitrogens with zero attached hydrogens (tertiary/aromatic N) is 2. The van der Waals surface area contributed by atoms with E-state index in [0.717, 1.165) is 24.2 Å². The van der Waals surface area contributed by atoms with Crippen molar-refractivity contribution in [3.8, 4) is 0 Å². The van der Waals surface area contributed by atoms with E-state index >= 15 is 0 Å². The van der Waals surface area contributed by atoms with Gasteiger partial charge in [-0.05, 0) is 52.3 Å². The van der Waals surface area contributed by atoms with Crippen LogP contribution >= 0.6 is 0 Å². The predicted octanol–water partition coefficient (Wildman–Crippen LogP) is 2.30. The molecule has 0 aromatic carbocycles. The predicted molar refractivity (Wildman–Crippen MR) is 68.8 cm³/mol. The number of likely N-dealkylation sites (tertiary alicyclic amines) is 1. The van der Waals surface area contributed by atoms with Gasteiger partial charge in [-0.3, -0.25) is 9.88 Å². The van der Waals surface area contributed by atoms with E-state index in [0.29, 0.717) is 0 Å². The van der Waals surface area contributed by atoms with Gasteiger partial charge in [0.2, 0.25) is 0 Å². The second-order valence-electron chi connectivity index (χ2n) is 5.55. The van der Waals surface area contributed by atoms with Crippen molar-refractivity contribution in [3.05, 3.63) is 29.6 Å². The Labute approximate surface area is 103 Å². The van der Waals surface area contributed by atoms with Crippen molar-refractivity contribution in [2.45, 2.75) is 45.3 Å². The molecule has 3 nitrogen and oxygen atoms in total. The normalized spacial score (nSPS) is 19.5. The third-order valence-corrected chi connectivity index (χ3v) is 3.80. The molecular weight excluding hydrogens is 212 g/mol. The van der Waals surface area contributed by atoms with Crippen molar-refractivity contribution >= 4 is 0 Å². The monoisotopic (exact) mass is 234 g/mol. The lowest BCUT2D eigenvalue weighted by atomic mass is 9.90. The van der Waals surface area contributed by atoms with E-state index < -0.39 is 6.10 Å². The topological polar surface area (TPSA) is 36.4 Å². The van der Waals surface area contributed by atoms with E-state index in [1.807, 2.05) is 19.2 Å². The minimum Gasteiger partial charge on any atom is -0.386 e. The molecule has 1 fully saturated rings. The summed E-state index contributed by atoms with van der Waals surface area (Å²) in [6.45, 7) is 8.41. The highest BCUT2D eigenvalue weighted by atomic mass is 16.3. The minimum atomic E-state index is -0.479. The van der Waals surface area contributed by atoms with Crippen LogP contribution in [0.1, 0.15) is 43.9 Å². The quantitative estimate of drug-likeness (QED) is 0.871.